The first-order chi connectivity index (χ1) is 12.8. The van der Waals surface area contributed by atoms with Crippen LogP contribution >= 0.6 is 0 Å². The molecule has 1 aromatic carbocycles. The van der Waals surface area contributed by atoms with Gasteiger partial charge in [0.05, 0.1) is 17.2 Å². The molecule has 0 radical (unpaired) electrons. The summed E-state index contributed by atoms with van der Waals surface area (Å²) in [6, 6.07) is 9.27. The molecule has 8 heteroatoms. The van der Waals surface area contributed by atoms with E-state index in [0.717, 1.165) is 22.5 Å². The van der Waals surface area contributed by atoms with Gasteiger partial charge in [0.15, 0.2) is 15.8 Å². The fourth-order valence-electron chi connectivity index (χ4n) is 2.87. The highest BCUT2D eigenvalue weighted by Gasteiger charge is 2.12. The second-order valence-electron chi connectivity index (χ2n) is 6.56. The van der Waals surface area contributed by atoms with Crippen molar-refractivity contribution < 1.29 is 8.42 Å². The fraction of sp³-hybridized carbons (Fsp3) is 0.474. The number of hydrogen-bond donors (Lipinski definition) is 2. The second kappa shape index (κ2) is 9.55. The highest BCUT2D eigenvalue weighted by atomic mass is 32.2. The van der Waals surface area contributed by atoms with E-state index in [4.69, 9.17) is 0 Å². The number of benzene rings is 1. The first kappa shape index (κ1) is 21.0. The Morgan fingerprint density at radius 1 is 1.19 bits per heavy atom. The van der Waals surface area contributed by atoms with E-state index >= 15 is 0 Å². The Labute approximate surface area is 161 Å². The van der Waals surface area contributed by atoms with Gasteiger partial charge < -0.3 is 10.6 Å². The summed E-state index contributed by atoms with van der Waals surface area (Å²) in [7, 11) is 0.510. The molecule has 0 saturated heterocycles. The Kier molecular flexibility index (Phi) is 7.41. The van der Waals surface area contributed by atoms with E-state index in [-0.39, 0.29) is 11.5 Å². The van der Waals surface area contributed by atoms with E-state index in [2.05, 4.69) is 20.7 Å². The van der Waals surface area contributed by atoms with Crippen molar-refractivity contribution in [1.82, 2.24) is 20.4 Å². The predicted octanol–water partition coefficient (Wildman–Crippen LogP) is 1.71. The van der Waals surface area contributed by atoms with E-state index in [0.29, 0.717) is 25.5 Å². The number of nitrogens with one attached hydrogen (secondary N) is 2. The predicted molar refractivity (Wildman–Crippen MR) is 109 cm³/mol. The molecule has 0 atom stereocenters. The van der Waals surface area contributed by atoms with Crippen LogP contribution in [0.4, 0.5) is 0 Å². The average Bonchev–Trinajstić information content (AvgIpc) is 2.87. The monoisotopic (exact) mass is 391 g/mol. The third-order valence-electron chi connectivity index (χ3n) is 4.47. The lowest BCUT2D eigenvalue weighted by atomic mass is 10.2. The summed E-state index contributed by atoms with van der Waals surface area (Å²) >= 11 is 0. The molecule has 0 saturated carbocycles. The number of rotatable bonds is 8. The molecule has 0 aliphatic heterocycles. The van der Waals surface area contributed by atoms with Crippen LogP contribution < -0.4 is 10.6 Å². The van der Waals surface area contributed by atoms with Crippen molar-refractivity contribution in [2.45, 2.75) is 32.6 Å². The normalized spacial score (nSPS) is 12.2. The zero-order valence-corrected chi connectivity index (χ0v) is 17.3. The summed E-state index contributed by atoms with van der Waals surface area (Å²) in [6.07, 6.45) is 0.529. The van der Waals surface area contributed by atoms with Gasteiger partial charge in [0.25, 0.3) is 0 Å². The number of nitrogens with zero attached hydrogens (tertiary/aromatic N) is 3. The molecule has 148 valence electrons. The third-order valence-corrected chi connectivity index (χ3v) is 6.15. The maximum Gasteiger partial charge on any atom is 0.191 e. The molecule has 2 N–H and O–H groups in total. The summed E-state index contributed by atoms with van der Waals surface area (Å²) in [5.41, 5.74) is 4.07. The highest BCUT2D eigenvalue weighted by Crippen LogP contribution is 2.11. The van der Waals surface area contributed by atoms with Crippen molar-refractivity contribution in [1.29, 1.82) is 0 Å². The Balaban J connectivity index is 1.76. The van der Waals surface area contributed by atoms with Crippen LogP contribution in [0.2, 0.25) is 0 Å². The van der Waals surface area contributed by atoms with Gasteiger partial charge in [-0.2, -0.15) is 5.10 Å². The third kappa shape index (κ3) is 6.39. The van der Waals surface area contributed by atoms with Gasteiger partial charge in [0.1, 0.15) is 0 Å². The van der Waals surface area contributed by atoms with E-state index in [1.54, 1.807) is 7.05 Å². The lowest BCUT2D eigenvalue weighted by Crippen LogP contribution is -2.38. The average molecular weight is 392 g/mol. The Morgan fingerprint density at radius 2 is 1.89 bits per heavy atom. The zero-order valence-electron chi connectivity index (χ0n) is 16.5. The maximum absolute atomic E-state index is 12.2. The molecule has 2 rings (SSSR count). The molecular formula is C19H29N5O2S. The van der Waals surface area contributed by atoms with Crippen LogP contribution in [0.25, 0.3) is 0 Å². The van der Waals surface area contributed by atoms with Crippen molar-refractivity contribution in [3.8, 4) is 0 Å². The number of guanidine groups is 1. The first-order valence-corrected chi connectivity index (χ1v) is 10.8. The van der Waals surface area contributed by atoms with Crippen LogP contribution in [0.3, 0.4) is 0 Å². The van der Waals surface area contributed by atoms with E-state index in [9.17, 15) is 8.42 Å². The lowest BCUT2D eigenvalue weighted by molar-refractivity contribution is 0.591. The largest absolute Gasteiger partial charge is 0.356 e. The smallest absolute Gasteiger partial charge is 0.191 e. The van der Waals surface area contributed by atoms with Crippen molar-refractivity contribution in [2.24, 2.45) is 12.0 Å². The summed E-state index contributed by atoms with van der Waals surface area (Å²) < 4.78 is 26.3. The number of aromatic nitrogens is 2. The van der Waals surface area contributed by atoms with Crippen molar-refractivity contribution >= 4 is 15.8 Å². The quantitative estimate of drug-likeness (QED) is 0.406. The van der Waals surface area contributed by atoms with Crippen molar-refractivity contribution in [3.63, 3.8) is 0 Å². The number of sulfone groups is 1. The van der Waals surface area contributed by atoms with Crippen LogP contribution in [-0.4, -0.2) is 43.5 Å². The van der Waals surface area contributed by atoms with Crippen LogP contribution in [0.5, 0.6) is 0 Å². The molecule has 2 aromatic rings. The molecule has 0 aliphatic carbocycles. The number of hydrogen-bond acceptors (Lipinski definition) is 4. The first-order valence-electron chi connectivity index (χ1n) is 9.00. The minimum Gasteiger partial charge on any atom is -0.356 e. The molecule has 0 fully saturated rings. The summed E-state index contributed by atoms with van der Waals surface area (Å²) in [6.45, 7) is 5.18. The van der Waals surface area contributed by atoms with Crippen LogP contribution in [-0.2, 0) is 29.2 Å². The Bertz CT molecular complexity index is 873. The van der Waals surface area contributed by atoms with E-state index in [1.165, 1.54) is 0 Å². The standard InChI is InChI=1S/C19H29N5O2S/c1-15-18(16(2)24(4)23-15)13-22-19(20-3)21-11-8-12-27(25,26)14-17-9-6-5-7-10-17/h5-7,9-10H,8,11-14H2,1-4H3,(H2,20,21,22). The molecule has 7 nitrogen and oxygen atoms in total. The highest BCUT2D eigenvalue weighted by molar-refractivity contribution is 7.90. The summed E-state index contributed by atoms with van der Waals surface area (Å²) in [5, 5.41) is 10.8. The van der Waals surface area contributed by atoms with Gasteiger partial charge in [0.2, 0.25) is 0 Å². The van der Waals surface area contributed by atoms with Gasteiger partial charge in [-0.3, -0.25) is 9.67 Å². The van der Waals surface area contributed by atoms with E-state index in [1.807, 2.05) is 55.9 Å². The minimum absolute atomic E-state index is 0.0837. The van der Waals surface area contributed by atoms with Gasteiger partial charge in [0, 0.05) is 38.4 Å². The maximum atomic E-state index is 12.2. The fourth-order valence-corrected chi connectivity index (χ4v) is 4.29. The van der Waals surface area contributed by atoms with Crippen molar-refractivity contribution in [3.05, 3.63) is 52.8 Å². The molecule has 0 unspecified atom stereocenters. The molecule has 0 aliphatic rings. The molecule has 0 amide bonds. The van der Waals surface area contributed by atoms with Gasteiger partial charge in [-0.15, -0.1) is 0 Å². The SMILES string of the molecule is CN=C(NCCCS(=O)(=O)Cc1ccccc1)NCc1c(C)nn(C)c1C. The number of aliphatic imine (C=N–C) groups is 1. The number of aryl methyl sites for hydroxylation is 2. The van der Waals surface area contributed by atoms with Crippen LogP contribution in [0, 0.1) is 13.8 Å². The van der Waals surface area contributed by atoms with Gasteiger partial charge in [-0.05, 0) is 25.8 Å². The van der Waals surface area contributed by atoms with E-state index < -0.39 is 9.84 Å². The molecule has 1 aromatic heterocycles. The van der Waals surface area contributed by atoms with Crippen molar-refractivity contribution in [2.75, 3.05) is 19.3 Å². The molecule has 27 heavy (non-hydrogen) atoms. The lowest BCUT2D eigenvalue weighted by Gasteiger charge is -2.12. The summed E-state index contributed by atoms with van der Waals surface area (Å²) in [5.74, 6) is 0.880. The molecular weight excluding hydrogens is 362 g/mol. The second-order valence-corrected chi connectivity index (χ2v) is 8.74. The molecule has 0 spiro atoms. The summed E-state index contributed by atoms with van der Waals surface area (Å²) in [4.78, 5) is 4.19. The Hall–Kier alpha value is -2.35. The molecule has 1 heterocycles. The van der Waals surface area contributed by atoms with Crippen LogP contribution in [0.1, 0.15) is 28.9 Å². The Morgan fingerprint density at radius 3 is 2.48 bits per heavy atom. The molecule has 0 bridgehead atoms. The van der Waals surface area contributed by atoms with Gasteiger partial charge >= 0.3 is 0 Å². The van der Waals surface area contributed by atoms with Gasteiger partial charge in [-0.25, -0.2) is 8.42 Å². The zero-order chi connectivity index (χ0) is 19.9. The van der Waals surface area contributed by atoms with Crippen LogP contribution in [0.15, 0.2) is 35.3 Å². The topological polar surface area (TPSA) is 88.4 Å². The minimum atomic E-state index is -3.11. The van der Waals surface area contributed by atoms with Gasteiger partial charge in [-0.1, -0.05) is 30.3 Å².